The molecule has 0 spiro atoms. The summed E-state index contributed by atoms with van der Waals surface area (Å²) in [4.78, 5) is 13.2. The number of amides is 1. The lowest BCUT2D eigenvalue weighted by Gasteiger charge is -2.16. The number of carbonyl (C=O) groups excluding carboxylic acids is 1. The number of nitrogens with one attached hydrogen (secondary N) is 1. The normalized spacial score (nSPS) is 19.1. The Labute approximate surface area is 125 Å². The van der Waals surface area contributed by atoms with E-state index in [0.29, 0.717) is 17.9 Å². The fraction of sp³-hybridized carbons (Fsp3) is 0.500. The first-order valence-electron chi connectivity index (χ1n) is 6.66. The van der Waals surface area contributed by atoms with Gasteiger partial charge < -0.3 is 9.64 Å². The molecule has 7 heteroatoms. The van der Waals surface area contributed by atoms with E-state index in [4.69, 9.17) is 4.74 Å². The van der Waals surface area contributed by atoms with Crippen molar-refractivity contribution >= 4 is 15.9 Å². The third-order valence-corrected chi connectivity index (χ3v) is 5.31. The predicted molar refractivity (Wildman–Crippen MR) is 78.8 cm³/mol. The van der Waals surface area contributed by atoms with Crippen molar-refractivity contribution in [2.45, 2.75) is 31.2 Å². The van der Waals surface area contributed by atoms with Crippen LogP contribution in [0, 0.1) is 13.8 Å². The standard InChI is InChI=1S/C14H20N2O4S/c1-9-6-13(10(2)5-12(9)20-4)21(18,19)15-11-7-14(17)16(3)8-11/h5-6,11,15H,7-8H2,1-4H3. The van der Waals surface area contributed by atoms with Crippen LogP contribution in [0.25, 0.3) is 0 Å². The molecule has 116 valence electrons. The van der Waals surface area contributed by atoms with Crippen molar-refractivity contribution in [3.8, 4) is 5.75 Å². The van der Waals surface area contributed by atoms with Crippen molar-refractivity contribution in [3.05, 3.63) is 23.3 Å². The maximum Gasteiger partial charge on any atom is 0.241 e. The molecule has 0 bridgehead atoms. The molecule has 1 amide bonds. The molecule has 0 aliphatic carbocycles. The van der Waals surface area contributed by atoms with Crippen LogP contribution in [0.1, 0.15) is 17.5 Å². The van der Waals surface area contributed by atoms with Crippen LogP contribution in [0.3, 0.4) is 0 Å². The largest absolute Gasteiger partial charge is 0.496 e. The van der Waals surface area contributed by atoms with Crippen LogP contribution in [0.15, 0.2) is 17.0 Å². The Balaban J connectivity index is 2.28. The molecule has 1 aliphatic rings. The Hall–Kier alpha value is -1.60. The molecule has 0 radical (unpaired) electrons. The number of likely N-dealkylation sites (N-methyl/N-ethyl adjacent to an activating group) is 1. The number of rotatable bonds is 4. The first-order valence-corrected chi connectivity index (χ1v) is 8.14. The van der Waals surface area contributed by atoms with Gasteiger partial charge in [-0.2, -0.15) is 0 Å². The van der Waals surface area contributed by atoms with E-state index < -0.39 is 10.0 Å². The average molecular weight is 312 g/mol. The minimum atomic E-state index is -3.65. The second-order valence-electron chi connectivity index (χ2n) is 5.38. The maximum absolute atomic E-state index is 12.5. The van der Waals surface area contributed by atoms with E-state index in [-0.39, 0.29) is 23.3 Å². The Bertz CT molecular complexity index is 670. The third-order valence-electron chi connectivity index (χ3n) is 3.64. The number of nitrogens with zero attached hydrogens (tertiary/aromatic N) is 1. The van der Waals surface area contributed by atoms with Crippen LogP contribution in [0.4, 0.5) is 0 Å². The summed E-state index contributed by atoms with van der Waals surface area (Å²) < 4.78 is 32.8. The van der Waals surface area contributed by atoms with Gasteiger partial charge in [-0.3, -0.25) is 4.79 Å². The van der Waals surface area contributed by atoms with Gasteiger partial charge in [0.25, 0.3) is 0 Å². The lowest BCUT2D eigenvalue weighted by Crippen LogP contribution is -2.36. The van der Waals surface area contributed by atoms with E-state index in [9.17, 15) is 13.2 Å². The van der Waals surface area contributed by atoms with Gasteiger partial charge in [-0.1, -0.05) is 0 Å². The highest BCUT2D eigenvalue weighted by atomic mass is 32.2. The highest BCUT2D eigenvalue weighted by Gasteiger charge is 2.31. The second-order valence-corrected chi connectivity index (χ2v) is 7.07. The molecule has 1 aromatic carbocycles. The zero-order valence-corrected chi connectivity index (χ0v) is 13.5. The predicted octanol–water partition coefficient (Wildman–Crippen LogP) is 0.821. The quantitative estimate of drug-likeness (QED) is 0.893. The number of likely N-dealkylation sites (tertiary alicyclic amines) is 1. The van der Waals surface area contributed by atoms with Crippen LogP contribution in [-0.4, -0.2) is 46.0 Å². The van der Waals surface area contributed by atoms with Gasteiger partial charge in [0.1, 0.15) is 5.75 Å². The van der Waals surface area contributed by atoms with Gasteiger partial charge in [0.2, 0.25) is 15.9 Å². The fourth-order valence-corrected chi connectivity index (χ4v) is 4.04. The van der Waals surface area contributed by atoms with E-state index in [1.165, 1.54) is 4.90 Å². The molecule has 1 unspecified atom stereocenters. The summed E-state index contributed by atoms with van der Waals surface area (Å²) in [6.07, 6.45) is 0.198. The lowest BCUT2D eigenvalue weighted by atomic mass is 10.1. The van der Waals surface area contributed by atoms with Crippen molar-refractivity contribution in [2.24, 2.45) is 0 Å². The highest BCUT2D eigenvalue weighted by Crippen LogP contribution is 2.26. The van der Waals surface area contributed by atoms with Gasteiger partial charge in [-0.05, 0) is 37.1 Å². The van der Waals surface area contributed by atoms with Gasteiger partial charge in [0.15, 0.2) is 0 Å². The summed E-state index contributed by atoms with van der Waals surface area (Å²) in [5.74, 6) is 0.604. The number of hydrogen-bond acceptors (Lipinski definition) is 4. The van der Waals surface area contributed by atoms with E-state index >= 15 is 0 Å². The monoisotopic (exact) mass is 312 g/mol. The number of methoxy groups -OCH3 is 1. The summed E-state index contributed by atoms with van der Waals surface area (Å²) in [6, 6.07) is 2.92. The van der Waals surface area contributed by atoms with Crippen molar-refractivity contribution in [1.82, 2.24) is 9.62 Å². The van der Waals surface area contributed by atoms with Crippen LogP contribution in [0.5, 0.6) is 5.75 Å². The minimum Gasteiger partial charge on any atom is -0.496 e. The van der Waals surface area contributed by atoms with E-state index in [2.05, 4.69) is 4.72 Å². The Morgan fingerprint density at radius 1 is 1.29 bits per heavy atom. The van der Waals surface area contributed by atoms with Crippen LogP contribution < -0.4 is 9.46 Å². The van der Waals surface area contributed by atoms with Crippen molar-refractivity contribution in [1.29, 1.82) is 0 Å². The first kappa shape index (κ1) is 15.8. The molecule has 1 aromatic rings. The van der Waals surface area contributed by atoms with E-state index in [1.807, 2.05) is 0 Å². The highest BCUT2D eigenvalue weighted by molar-refractivity contribution is 7.89. The zero-order chi connectivity index (χ0) is 15.8. The molecular weight excluding hydrogens is 292 g/mol. The molecule has 1 fully saturated rings. The van der Waals surface area contributed by atoms with Crippen molar-refractivity contribution in [3.63, 3.8) is 0 Å². The molecule has 1 heterocycles. The Kier molecular flexibility index (Phi) is 4.25. The van der Waals surface area contributed by atoms with Gasteiger partial charge in [-0.25, -0.2) is 13.1 Å². The average Bonchev–Trinajstić information content (AvgIpc) is 2.69. The molecule has 6 nitrogen and oxygen atoms in total. The molecule has 1 saturated heterocycles. The molecule has 0 aromatic heterocycles. The fourth-order valence-electron chi connectivity index (χ4n) is 2.50. The molecule has 2 rings (SSSR count). The summed E-state index contributed by atoms with van der Waals surface area (Å²) in [7, 11) is -0.437. The summed E-state index contributed by atoms with van der Waals surface area (Å²) in [6.45, 7) is 3.92. The van der Waals surface area contributed by atoms with Gasteiger partial charge >= 0.3 is 0 Å². The number of hydrogen-bond donors (Lipinski definition) is 1. The number of benzene rings is 1. The summed E-state index contributed by atoms with van der Waals surface area (Å²) in [5.41, 5.74) is 1.37. The van der Waals surface area contributed by atoms with E-state index in [0.717, 1.165) is 5.56 Å². The van der Waals surface area contributed by atoms with Crippen molar-refractivity contribution in [2.75, 3.05) is 20.7 Å². The Morgan fingerprint density at radius 3 is 2.48 bits per heavy atom. The van der Waals surface area contributed by atoms with Gasteiger partial charge in [-0.15, -0.1) is 0 Å². The van der Waals surface area contributed by atoms with E-state index in [1.54, 1.807) is 40.1 Å². The third kappa shape index (κ3) is 3.19. The number of ether oxygens (including phenoxy) is 1. The second kappa shape index (κ2) is 5.65. The maximum atomic E-state index is 12.5. The first-order chi connectivity index (χ1) is 9.74. The van der Waals surface area contributed by atoms with Crippen LogP contribution in [-0.2, 0) is 14.8 Å². The molecule has 1 N–H and O–H groups in total. The van der Waals surface area contributed by atoms with Gasteiger partial charge in [0.05, 0.1) is 12.0 Å². The number of carbonyl (C=O) groups is 1. The minimum absolute atomic E-state index is 0.0506. The summed E-state index contributed by atoms with van der Waals surface area (Å²) in [5, 5.41) is 0. The van der Waals surface area contributed by atoms with Crippen molar-refractivity contribution < 1.29 is 17.9 Å². The van der Waals surface area contributed by atoms with Crippen LogP contribution >= 0.6 is 0 Å². The lowest BCUT2D eigenvalue weighted by molar-refractivity contribution is -0.126. The SMILES string of the molecule is COc1cc(C)c(S(=O)(=O)NC2CC(=O)N(C)C2)cc1C. The summed E-state index contributed by atoms with van der Waals surface area (Å²) >= 11 is 0. The molecule has 1 atom stereocenters. The molecule has 0 saturated carbocycles. The smallest absolute Gasteiger partial charge is 0.241 e. The molecular formula is C14H20N2O4S. The zero-order valence-electron chi connectivity index (χ0n) is 12.6. The molecule has 1 aliphatic heterocycles. The topological polar surface area (TPSA) is 75.7 Å². The number of aryl methyl sites for hydroxylation is 2. The Morgan fingerprint density at radius 2 is 1.95 bits per heavy atom. The van der Waals surface area contributed by atoms with Gasteiger partial charge in [0, 0.05) is 26.1 Å². The van der Waals surface area contributed by atoms with Crippen LogP contribution in [0.2, 0.25) is 0 Å². The molecule has 21 heavy (non-hydrogen) atoms. The number of sulfonamides is 1.